The van der Waals surface area contributed by atoms with E-state index in [2.05, 4.69) is 15.5 Å². The number of carbonyl (C=O) groups is 1. The molecule has 130 valence electrons. The first-order chi connectivity index (χ1) is 12.2. The summed E-state index contributed by atoms with van der Waals surface area (Å²) in [6.45, 7) is 2.72. The molecule has 0 aliphatic heterocycles. The Kier molecular flexibility index (Phi) is 5.85. The Balaban J connectivity index is 1.64. The van der Waals surface area contributed by atoms with Crippen LogP contribution >= 0.6 is 23.1 Å². The summed E-state index contributed by atoms with van der Waals surface area (Å²) in [5.74, 6) is 0.950. The molecule has 8 heteroatoms. The number of hydrogen-bond acceptors (Lipinski definition) is 6. The smallest absolute Gasteiger partial charge is 0.234 e. The van der Waals surface area contributed by atoms with Gasteiger partial charge in [-0.2, -0.15) is 0 Å². The fourth-order valence-electron chi connectivity index (χ4n) is 2.34. The average molecular weight is 374 g/mol. The Morgan fingerprint density at radius 3 is 2.92 bits per heavy atom. The molecule has 0 spiro atoms. The third-order valence-corrected chi connectivity index (χ3v) is 5.33. The van der Waals surface area contributed by atoms with Crippen LogP contribution in [0.2, 0.25) is 0 Å². The van der Waals surface area contributed by atoms with Crippen molar-refractivity contribution in [3.8, 4) is 10.7 Å². The molecule has 2 N–H and O–H groups in total. The monoisotopic (exact) mass is 374 g/mol. The highest BCUT2D eigenvalue weighted by molar-refractivity contribution is 7.99. The van der Waals surface area contributed by atoms with Gasteiger partial charge < -0.3 is 15.0 Å². The zero-order valence-corrected chi connectivity index (χ0v) is 15.3. The number of nitrogens with zero attached hydrogens (tertiary/aromatic N) is 3. The predicted molar refractivity (Wildman–Crippen MR) is 101 cm³/mol. The number of rotatable bonds is 7. The fraction of sp³-hybridized carbons (Fsp3) is 0.235. The highest BCUT2D eigenvalue weighted by atomic mass is 32.2. The number of aliphatic hydroxyl groups excluding tert-OH is 1. The number of carbonyl (C=O) groups excluding carboxylic acids is 1. The maximum absolute atomic E-state index is 12.2. The number of thiophene rings is 1. The molecule has 1 aromatic carbocycles. The van der Waals surface area contributed by atoms with Crippen molar-refractivity contribution in [3.63, 3.8) is 0 Å². The van der Waals surface area contributed by atoms with Gasteiger partial charge in [0.2, 0.25) is 5.91 Å². The lowest BCUT2D eigenvalue weighted by Gasteiger charge is -2.07. The first-order valence-corrected chi connectivity index (χ1v) is 9.67. The van der Waals surface area contributed by atoms with E-state index >= 15 is 0 Å². The standard InChI is InChI=1S/C17H18N4O2S2/c1-2-21-16(14-7-4-8-24-14)19-20-17(21)25-11-15(23)18-13-6-3-5-12(9-13)10-22/h3-9,22H,2,10-11H2,1H3,(H,18,23). The quantitative estimate of drug-likeness (QED) is 0.621. The van der Waals surface area contributed by atoms with E-state index < -0.39 is 0 Å². The van der Waals surface area contributed by atoms with Crippen LogP contribution in [-0.2, 0) is 17.9 Å². The molecular formula is C17H18N4O2S2. The Morgan fingerprint density at radius 1 is 1.32 bits per heavy atom. The maximum Gasteiger partial charge on any atom is 0.234 e. The van der Waals surface area contributed by atoms with Crippen LogP contribution in [0.4, 0.5) is 5.69 Å². The van der Waals surface area contributed by atoms with Crippen molar-refractivity contribution in [3.05, 3.63) is 47.3 Å². The molecule has 2 aromatic heterocycles. The van der Waals surface area contributed by atoms with Crippen molar-refractivity contribution in [2.45, 2.75) is 25.2 Å². The van der Waals surface area contributed by atoms with Crippen LogP contribution in [0.25, 0.3) is 10.7 Å². The van der Waals surface area contributed by atoms with Gasteiger partial charge in [0.25, 0.3) is 0 Å². The fourth-order valence-corrected chi connectivity index (χ4v) is 3.86. The van der Waals surface area contributed by atoms with E-state index in [4.69, 9.17) is 5.11 Å². The van der Waals surface area contributed by atoms with Crippen LogP contribution in [0.5, 0.6) is 0 Å². The van der Waals surface area contributed by atoms with E-state index in [1.54, 1.807) is 35.6 Å². The largest absolute Gasteiger partial charge is 0.392 e. The van der Waals surface area contributed by atoms with E-state index in [1.165, 1.54) is 11.8 Å². The van der Waals surface area contributed by atoms with Gasteiger partial charge in [-0.25, -0.2) is 0 Å². The molecule has 6 nitrogen and oxygen atoms in total. The summed E-state index contributed by atoms with van der Waals surface area (Å²) in [5.41, 5.74) is 1.44. The molecule has 0 saturated carbocycles. The number of aliphatic hydroxyl groups is 1. The van der Waals surface area contributed by atoms with Gasteiger partial charge in [-0.1, -0.05) is 30.0 Å². The van der Waals surface area contributed by atoms with Gasteiger partial charge in [0.05, 0.1) is 17.2 Å². The molecule has 0 fully saturated rings. The molecule has 0 radical (unpaired) electrons. The minimum Gasteiger partial charge on any atom is -0.392 e. The van der Waals surface area contributed by atoms with Gasteiger partial charge in [0, 0.05) is 12.2 Å². The summed E-state index contributed by atoms with van der Waals surface area (Å²) in [6.07, 6.45) is 0. The zero-order chi connectivity index (χ0) is 17.6. The first kappa shape index (κ1) is 17.7. The van der Waals surface area contributed by atoms with E-state index in [0.717, 1.165) is 28.0 Å². The number of nitrogens with one attached hydrogen (secondary N) is 1. The summed E-state index contributed by atoms with van der Waals surface area (Å²) in [7, 11) is 0. The van der Waals surface area contributed by atoms with Gasteiger partial charge in [0.15, 0.2) is 11.0 Å². The highest BCUT2D eigenvalue weighted by Gasteiger charge is 2.15. The third kappa shape index (κ3) is 4.28. The molecule has 0 bridgehead atoms. The zero-order valence-electron chi connectivity index (χ0n) is 13.7. The second-order valence-electron chi connectivity index (χ2n) is 5.22. The molecule has 25 heavy (non-hydrogen) atoms. The summed E-state index contributed by atoms with van der Waals surface area (Å²) in [5, 5.41) is 23.2. The molecule has 0 atom stereocenters. The molecule has 3 aromatic rings. The summed E-state index contributed by atoms with van der Waals surface area (Å²) in [6, 6.07) is 11.2. The number of amides is 1. The van der Waals surface area contributed by atoms with Gasteiger partial charge >= 0.3 is 0 Å². The predicted octanol–water partition coefficient (Wildman–Crippen LogP) is 3.25. The Labute approximate surface area is 153 Å². The van der Waals surface area contributed by atoms with Crippen molar-refractivity contribution < 1.29 is 9.90 Å². The van der Waals surface area contributed by atoms with Crippen molar-refractivity contribution >= 4 is 34.7 Å². The van der Waals surface area contributed by atoms with E-state index in [1.807, 2.05) is 29.0 Å². The molecule has 3 rings (SSSR count). The molecule has 1 amide bonds. The minimum atomic E-state index is -0.122. The normalized spacial score (nSPS) is 10.8. The van der Waals surface area contributed by atoms with Gasteiger partial charge in [-0.15, -0.1) is 21.5 Å². The Hall–Kier alpha value is -2.16. The number of aromatic nitrogens is 3. The van der Waals surface area contributed by atoms with Crippen LogP contribution in [0, 0.1) is 0 Å². The molecule has 0 saturated heterocycles. The molecule has 2 heterocycles. The molecule has 0 aliphatic rings. The molecule has 0 aliphatic carbocycles. The Bertz CT molecular complexity index is 846. The summed E-state index contributed by atoms with van der Waals surface area (Å²) >= 11 is 2.98. The van der Waals surface area contributed by atoms with E-state index in [-0.39, 0.29) is 18.3 Å². The molecule has 0 unspecified atom stereocenters. The number of hydrogen-bond donors (Lipinski definition) is 2. The van der Waals surface area contributed by atoms with E-state index in [0.29, 0.717) is 5.69 Å². The van der Waals surface area contributed by atoms with E-state index in [9.17, 15) is 4.79 Å². The van der Waals surface area contributed by atoms with Gasteiger partial charge in [-0.05, 0) is 36.1 Å². The summed E-state index contributed by atoms with van der Waals surface area (Å²) in [4.78, 5) is 13.2. The van der Waals surface area contributed by atoms with Crippen LogP contribution in [0.15, 0.2) is 46.9 Å². The van der Waals surface area contributed by atoms with Crippen LogP contribution in [0.3, 0.4) is 0 Å². The lowest BCUT2D eigenvalue weighted by atomic mass is 10.2. The SMILES string of the molecule is CCn1c(SCC(=O)Nc2cccc(CO)c2)nnc1-c1cccs1. The minimum absolute atomic E-state index is 0.0520. The van der Waals surface area contributed by atoms with Gasteiger partial charge in [-0.3, -0.25) is 4.79 Å². The second kappa shape index (κ2) is 8.28. The maximum atomic E-state index is 12.2. The first-order valence-electron chi connectivity index (χ1n) is 7.80. The van der Waals surface area contributed by atoms with Crippen LogP contribution in [-0.4, -0.2) is 31.5 Å². The van der Waals surface area contributed by atoms with Crippen molar-refractivity contribution in [2.75, 3.05) is 11.1 Å². The van der Waals surface area contributed by atoms with Gasteiger partial charge in [0.1, 0.15) is 0 Å². The van der Waals surface area contributed by atoms with Crippen molar-refractivity contribution in [1.29, 1.82) is 0 Å². The topological polar surface area (TPSA) is 80.0 Å². The average Bonchev–Trinajstić information content (AvgIpc) is 3.29. The van der Waals surface area contributed by atoms with Crippen LogP contribution in [0.1, 0.15) is 12.5 Å². The van der Waals surface area contributed by atoms with Crippen LogP contribution < -0.4 is 5.32 Å². The summed E-state index contributed by atoms with van der Waals surface area (Å²) < 4.78 is 2.01. The second-order valence-corrected chi connectivity index (χ2v) is 7.11. The Morgan fingerprint density at radius 2 is 2.20 bits per heavy atom. The number of thioether (sulfide) groups is 1. The molecular weight excluding hydrogens is 356 g/mol. The number of anilines is 1. The highest BCUT2D eigenvalue weighted by Crippen LogP contribution is 2.27. The lowest BCUT2D eigenvalue weighted by Crippen LogP contribution is -2.14. The third-order valence-electron chi connectivity index (χ3n) is 3.50. The number of benzene rings is 1. The van der Waals surface area contributed by atoms with Crippen molar-refractivity contribution in [2.24, 2.45) is 0 Å². The van der Waals surface area contributed by atoms with Crippen molar-refractivity contribution in [1.82, 2.24) is 14.8 Å². The lowest BCUT2D eigenvalue weighted by molar-refractivity contribution is -0.113.